The summed E-state index contributed by atoms with van der Waals surface area (Å²) in [6.45, 7) is 6.05. The summed E-state index contributed by atoms with van der Waals surface area (Å²) < 4.78 is 0. The molecule has 1 N–H and O–H groups in total. The third-order valence-electron chi connectivity index (χ3n) is 3.55. The fourth-order valence-electron chi connectivity index (χ4n) is 2.59. The van der Waals surface area contributed by atoms with Crippen LogP contribution in [0.15, 0.2) is 12.1 Å². The van der Waals surface area contributed by atoms with Gasteiger partial charge in [-0.15, -0.1) is 0 Å². The second-order valence-electron chi connectivity index (χ2n) is 6.35. The van der Waals surface area contributed by atoms with Crippen molar-refractivity contribution in [3.05, 3.63) is 28.8 Å². The van der Waals surface area contributed by atoms with E-state index in [0.29, 0.717) is 11.7 Å². The minimum Gasteiger partial charge on any atom is -0.507 e. The van der Waals surface area contributed by atoms with Gasteiger partial charge in [-0.05, 0) is 46.1 Å². The molecule has 20 heavy (non-hydrogen) atoms. The van der Waals surface area contributed by atoms with Crippen molar-refractivity contribution in [3.8, 4) is 5.75 Å². The highest BCUT2D eigenvalue weighted by Gasteiger charge is 2.14. The highest BCUT2D eigenvalue weighted by atomic mass is 16.3. The second-order valence-corrected chi connectivity index (χ2v) is 6.35. The van der Waals surface area contributed by atoms with E-state index in [4.69, 9.17) is 0 Å². The van der Waals surface area contributed by atoms with Crippen molar-refractivity contribution in [2.75, 3.05) is 28.2 Å². The van der Waals surface area contributed by atoms with Gasteiger partial charge in [-0.2, -0.15) is 0 Å². The van der Waals surface area contributed by atoms with Crippen LogP contribution in [0.2, 0.25) is 0 Å². The number of aromatic hydroxyl groups is 1. The van der Waals surface area contributed by atoms with Crippen LogP contribution in [-0.4, -0.2) is 43.1 Å². The molecule has 1 aromatic carbocycles. The van der Waals surface area contributed by atoms with Crippen LogP contribution in [0.25, 0.3) is 0 Å². The first kappa shape index (κ1) is 17.0. The maximum absolute atomic E-state index is 10.5. The number of benzene rings is 1. The molecule has 1 atom stereocenters. The van der Waals surface area contributed by atoms with Crippen LogP contribution in [0.1, 0.15) is 49.3 Å². The molecule has 0 fully saturated rings. The van der Waals surface area contributed by atoms with E-state index in [1.54, 1.807) is 0 Å². The van der Waals surface area contributed by atoms with Gasteiger partial charge in [0.1, 0.15) is 5.75 Å². The lowest BCUT2D eigenvalue weighted by Gasteiger charge is -2.20. The average molecular weight is 278 g/mol. The molecule has 1 aromatic rings. The molecule has 0 aromatic heterocycles. The van der Waals surface area contributed by atoms with Crippen LogP contribution in [0.5, 0.6) is 5.75 Å². The van der Waals surface area contributed by atoms with Crippen molar-refractivity contribution in [2.45, 2.75) is 45.7 Å². The van der Waals surface area contributed by atoms with E-state index in [1.807, 2.05) is 28.2 Å². The summed E-state index contributed by atoms with van der Waals surface area (Å²) >= 11 is 0. The number of hydrogen-bond acceptors (Lipinski definition) is 3. The van der Waals surface area contributed by atoms with Crippen LogP contribution in [0.3, 0.4) is 0 Å². The summed E-state index contributed by atoms with van der Waals surface area (Å²) in [5, 5.41) is 10.5. The normalized spacial score (nSPS) is 13.2. The summed E-state index contributed by atoms with van der Waals surface area (Å²) in [5.74, 6) is 1.00. The maximum Gasteiger partial charge on any atom is 0.124 e. The highest BCUT2D eigenvalue weighted by molar-refractivity contribution is 5.44. The van der Waals surface area contributed by atoms with Crippen molar-refractivity contribution in [1.82, 2.24) is 9.80 Å². The SMILES string of the molecule is CCCC(C)c1cc(CN(C)C)c(O)c(CN(C)C)c1. The Morgan fingerprint density at radius 2 is 1.45 bits per heavy atom. The van der Waals surface area contributed by atoms with Gasteiger partial charge in [0.15, 0.2) is 0 Å². The Morgan fingerprint density at radius 1 is 1.00 bits per heavy atom. The number of phenolic OH excluding ortho intramolecular Hbond substituents is 1. The molecule has 0 radical (unpaired) electrons. The Hall–Kier alpha value is -1.06. The summed E-state index contributed by atoms with van der Waals surface area (Å²) in [5.41, 5.74) is 3.41. The van der Waals surface area contributed by atoms with Gasteiger partial charge in [-0.25, -0.2) is 0 Å². The van der Waals surface area contributed by atoms with Crippen molar-refractivity contribution < 1.29 is 5.11 Å². The Kier molecular flexibility index (Phi) is 6.50. The molecule has 0 aliphatic carbocycles. The summed E-state index contributed by atoms with van der Waals surface area (Å²) in [7, 11) is 8.14. The van der Waals surface area contributed by atoms with E-state index in [1.165, 1.54) is 18.4 Å². The summed E-state index contributed by atoms with van der Waals surface area (Å²) in [4.78, 5) is 4.20. The van der Waals surface area contributed by atoms with Gasteiger partial charge in [0.25, 0.3) is 0 Å². The predicted molar refractivity (Wildman–Crippen MR) is 86.2 cm³/mol. The fraction of sp³-hybridized carbons (Fsp3) is 0.647. The molecule has 0 saturated heterocycles. The highest BCUT2D eigenvalue weighted by Crippen LogP contribution is 2.31. The van der Waals surface area contributed by atoms with Gasteiger partial charge in [-0.3, -0.25) is 0 Å². The lowest BCUT2D eigenvalue weighted by molar-refractivity contribution is 0.367. The minimum absolute atomic E-state index is 0.458. The van der Waals surface area contributed by atoms with E-state index in [-0.39, 0.29) is 0 Å². The molecule has 0 spiro atoms. The molecule has 3 nitrogen and oxygen atoms in total. The molecule has 114 valence electrons. The predicted octanol–water partition coefficient (Wildman–Crippen LogP) is 3.42. The maximum atomic E-state index is 10.5. The van der Waals surface area contributed by atoms with Gasteiger partial charge in [0, 0.05) is 24.2 Å². The Morgan fingerprint density at radius 3 is 1.80 bits per heavy atom. The molecule has 3 heteroatoms. The first-order valence-electron chi connectivity index (χ1n) is 7.49. The van der Waals surface area contributed by atoms with Crippen LogP contribution in [-0.2, 0) is 13.1 Å². The average Bonchev–Trinajstić information content (AvgIpc) is 2.33. The molecular formula is C17H30N2O. The molecule has 0 aliphatic heterocycles. The van der Waals surface area contributed by atoms with E-state index >= 15 is 0 Å². The third-order valence-corrected chi connectivity index (χ3v) is 3.55. The van der Waals surface area contributed by atoms with Crippen LogP contribution < -0.4 is 0 Å². The summed E-state index contributed by atoms with van der Waals surface area (Å²) in [6, 6.07) is 4.35. The Balaban J connectivity index is 3.18. The van der Waals surface area contributed by atoms with E-state index in [9.17, 15) is 5.11 Å². The van der Waals surface area contributed by atoms with E-state index in [2.05, 4.69) is 35.8 Å². The summed E-state index contributed by atoms with van der Waals surface area (Å²) in [6.07, 6.45) is 2.38. The molecular weight excluding hydrogens is 248 g/mol. The molecule has 0 aliphatic rings. The molecule has 0 amide bonds. The van der Waals surface area contributed by atoms with Crippen molar-refractivity contribution >= 4 is 0 Å². The standard InChI is InChI=1S/C17H30N2O/c1-7-8-13(2)14-9-15(11-18(3)4)17(20)16(10-14)12-19(5)6/h9-10,13,20H,7-8,11-12H2,1-6H3. The largest absolute Gasteiger partial charge is 0.507 e. The minimum atomic E-state index is 0.458. The molecule has 0 saturated carbocycles. The molecule has 0 heterocycles. The smallest absolute Gasteiger partial charge is 0.124 e. The number of rotatable bonds is 7. The number of hydrogen-bond donors (Lipinski definition) is 1. The first-order chi connectivity index (χ1) is 9.35. The Labute approximate surface area is 124 Å². The topological polar surface area (TPSA) is 26.7 Å². The molecule has 1 unspecified atom stereocenters. The van der Waals surface area contributed by atoms with Gasteiger partial charge >= 0.3 is 0 Å². The zero-order valence-corrected chi connectivity index (χ0v) is 13.9. The van der Waals surface area contributed by atoms with Gasteiger partial charge in [-0.1, -0.05) is 32.4 Å². The van der Waals surface area contributed by atoms with Gasteiger partial charge in [0.2, 0.25) is 0 Å². The van der Waals surface area contributed by atoms with E-state index in [0.717, 1.165) is 24.2 Å². The van der Waals surface area contributed by atoms with Crippen LogP contribution in [0, 0.1) is 0 Å². The number of nitrogens with zero attached hydrogens (tertiary/aromatic N) is 2. The van der Waals surface area contributed by atoms with Gasteiger partial charge < -0.3 is 14.9 Å². The molecule has 1 rings (SSSR count). The van der Waals surface area contributed by atoms with Crippen molar-refractivity contribution in [1.29, 1.82) is 0 Å². The second kappa shape index (κ2) is 7.65. The quantitative estimate of drug-likeness (QED) is 0.828. The van der Waals surface area contributed by atoms with Crippen LogP contribution >= 0.6 is 0 Å². The number of phenols is 1. The van der Waals surface area contributed by atoms with E-state index < -0.39 is 0 Å². The third kappa shape index (κ3) is 4.80. The molecule has 0 bridgehead atoms. The van der Waals surface area contributed by atoms with Crippen molar-refractivity contribution in [3.63, 3.8) is 0 Å². The zero-order chi connectivity index (χ0) is 15.3. The van der Waals surface area contributed by atoms with Gasteiger partial charge in [0.05, 0.1) is 0 Å². The monoisotopic (exact) mass is 278 g/mol. The Bertz CT molecular complexity index is 396. The first-order valence-corrected chi connectivity index (χ1v) is 7.49. The van der Waals surface area contributed by atoms with Crippen molar-refractivity contribution in [2.24, 2.45) is 0 Å². The fourth-order valence-corrected chi connectivity index (χ4v) is 2.59. The zero-order valence-electron chi connectivity index (χ0n) is 13.9. The van der Waals surface area contributed by atoms with Crippen LogP contribution in [0.4, 0.5) is 0 Å². The lowest BCUT2D eigenvalue weighted by Crippen LogP contribution is -2.14. The lowest BCUT2D eigenvalue weighted by atomic mass is 9.92.